The molecule has 0 aromatic heterocycles. The van der Waals surface area contributed by atoms with E-state index in [2.05, 4.69) is 19.1 Å². The maximum absolute atomic E-state index is 11.1. The highest BCUT2D eigenvalue weighted by molar-refractivity contribution is 5.76. The lowest BCUT2D eigenvalue weighted by Crippen LogP contribution is -2.10. The first-order valence-electron chi connectivity index (χ1n) is 5.96. The fourth-order valence-electron chi connectivity index (χ4n) is 2.63. The largest absolute Gasteiger partial charge is 0.481 e. The second kappa shape index (κ2) is 4.28. The first-order chi connectivity index (χ1) is 7.61. The minimum Gasteiger partial charge on any atom is -0.481 e. The number of carboxylic acids is 1. The predicted molar refractivity (Wildman–Crippen MR) is 63.7 cm³/mol. The Hall–Kier alpha value is -1.31. The quantitative estimate of drug-likeness (QED) is 0.846. The minimum absolute atomic E-state index is 0.346. The fourth-order valence-corrected chi connectivity index (χ4v) is 2.63. The monoisotopic (exact) mass is 218 g/mol. The highest BCUT2D eigenvalue weighted by atomic mass is 16.4. The van der Waals surface area contributed by atoms with Crippen LogP contribution in [0.4, 0.5) is 0 Å². The van der Waals surface area contributed by atoms with Gasteiger partial charge in [0.2, 0.25) is 0 Å². The zero-order chi connectivity index (χ0) is 11.7. The van der Waals surface area contributed by atoms with Gasteiger partial charge in [-0.15, -0.1) is 0 Å². The summed E-state index contributed by atoms with van der Waals surface area (Å²) in [4.78, 5) is 11.1. The molecule has 86 valence electrons. The normalized spacial score (nSPS) is 20.5. The maximum Gasteiger partial charge on any atom is 0.310 e. The fraction of sp³-hybridized carbons (Fsp3) is 0.500. The van der Waals surface area contributed by atoms with Gasteiger partial charge < -0.3 is 5.11 Å². The summed E-state index contributed by atoms with van der Waals surface area (Å²) in [5, 5.41) is 9.13. The third-order valence-electron chi connectivity index (χ3n) is 3.48. The average Bonchev–Trinajstić information content (AvgIpc) is 2.57. The van der Waals surface area contributed by atoms with E-state index in [-0.39, 0.29) is 5.92 Å². The minimum atomic E-state index is -0.714. The molecule has 0 saturated carbocycles. The van der Waals surface area contributed by atoms with Crippen molar-refractivity contribution in [2.45, 2.75) is 39.0 Å². The van der Waals surface area contributed by atoms with Crippen molar-refractivity contribution in [1.29, 1.82) is 0 Å². The van der Waals surface area contributed by atoms with Crippen molar-refractivity contribution >= 4 is 5.97 Å². The molecule has 2 nitrogen and oxygen atoms in total. The maximum atomic E-state index is 11.1. The third-order valence-corrected chi connectivity index (χ3v) is 3.48. The Balaban J connectivity index is 2.31. The first-order valence-corrected chi connectivity index (χ1v) is 5.96. The molecule has 2 atom stereocenters. The molecule has 2 heteroatoms. The SMILES string of the molecule is CCC(C(=O)O)c1ccc2c(c1)CC(C)C2. The van der Waals surface area contributed by atoms with Gasteiger partial charge in [0.05, 0.1) is 5.92 Å². The van der Waals surface area contributed by atoms with E-state index in [1.807, 2.05) is 13.0 Å². The second-order valence-corrected chi connectivity index (χ2v) is 4.84. The molecule has 1 aliphatic carbocycles. The molecule has 0 fully saturated rings. The molecule has 0 bridgehead atoms. The third kappa shape index (κ3) is 1.97. The molecule has 0 spiro atoms. The van der Waals surface area contributed by atoms with Gasteiger partial charge >= 0.3 is 5.97 Å². The summed E-state index contributed by atoms with van der Waals surface area (Å²) < 4.78 is 0. The van der Waals surface area contributed by atoms with E-state index in [0.717, 1.165) is 18.4 Å². The lowest BCUT2D eigenvalue weighted by molar-refractivity contribution is -0.138. The number of carboxylic acid groups (broad SMARTS) is 1. The summed E-state index contributed by atoms with van der Waals surface area (Å²) in [7, 11) is 0. The van der Waals surface area contributed by atoms with E-state index in [9.17, 15) is 4.79 Å². The molecule has 0 amide bonds. The highest BCUT2D eigenvalue weighted by Crippen LogP contribution is 2.30. The van der Waals surface area contributed by atoms with Crippen LogP contribution >= 0.6 is 0 Å². The molecule has 1 N–H and O–H groups in total. The summed E-state index contributed by atoms with van der Waals surface area (Å²) in [6.07, 6.45) is 2.89. The van der Waals surface area contributed by atoms with Crippen molar-refractivity contribution in [3.63, 3.8) is 0 Å². The number of fused-ring (bicyclic) bond motifs is 1. The number of rotatable bonds is 3. The van der Waals surface area contributed by atoms with Gasteiger partial charge in [-0.1, -0.05) is 32.0 Å². The van der Waals surface area contributed by atoms with Crippen LogP contribution in [0.1, 0.15) is 42.9 Å². The summed E-state index contributed by atoms with van der Waals surface area (Å²) in [6.45, 7) is 4.17. The molecule has 0 saturated heterocycles. The van der Waals surface area contributed by atoms with Gasteiger partial charge in [0.1, 0.15) is 0 Å². The molecule has 16 heavy (non-hydrogen) atoms. The zero-order valence-electron chi connectivity index (χ0n) is 9.86. The van der Waals surface area contributed by atoms with Crippen LogP contribution in [0.25, 0.3) is 0 Å². The Labute approximate surface area is 96.3 Å². The molecule has 1 aromatic carbocycles. The van der Waals surface area contributed by atoms with Crippen LogP contribution in [-0.4, -0.2) is 11.1 Å². The van der Waals surface area contributed by atoms with E-state index in [0.29, 0.717) is 12.3 Å². The van der Waals surface area contributed by atoms with Crippen LogP contribution in [0.3, 0.4) is 0 Å². The van der Waals surface area contributed by atoms with Crippen molar-refractivity contribution in [3.8, 4) is 0 Å². The van der Waals surface area contributed by atoms with Crippen LogP contribution in [0.5, 0.6) is 0 Å². The van der Waals surface area contributed by atoms with Crippen LogP contribution in [0.15, 0.2) is 18.2 Å². The van der Waals surface area contributed by atoms with Crippen LogP contribution in [-0.2, 0) is 17.6 Å². The molecule has 1 aromatic rings. The van der Waals surface area contributed by atoms with Gasteiger partial charge in [-0.3, -0.25) is 4.79 Å². The first kappa shape index (κ1) is 11.2. The van der Waals surface area contributed by atoms with Crippen LogP contribution in [0, 0.1) is 5.92 Å². The second-order valence-electron chi connectivity index (χ2n) is 4.84. The molecular formula is C14H18O2. The topological polar surface area (TPSA) is 37.3 Å². The molecule has 2 rings (SSSR count). The van der Waals surface area contributed by atoms with E-state index >= 15 is 0 Å². The van der Waals surface area contributed by atoms with Crippen molar-refractivity contribution in [2.75, 3.05) is 0 Å². The summed E-state index contributed by atoms with van der Waals surface area (Å²) in [6, 6.07) is 6.19. The zero-order valence-corrected chi connectivity index (χ0v) is 9.86. The van der Waals surface area contributed by atoms with Gasteiger partial charge in [-0.2, -0.15) is 0 Å². The molecule has 0 aliphatic heterocycles. The summed E-state index contributed by atoms with van der Waals surface area (Å²) in [5.41, 5.74) is 3.71. The Morgan fingerprint density at radius 2 is 2.12 bits per heavy atom. The average molecular weight is 218 g/mol. The van der Waals surface area contributed by atoms with Crippen molar-refractivity contribution in [3.05, 3.63) is 34.9 Å². The molecule has 0 heterocycles. The van der Waals surface area contributed by atoms with E-state index < -0.39 is 5.97 Å². The Morgan fingerprint density at radius 3 is 2.75 bits per heavy atom. The summed E-state index contributed by atoms with van der Waals surface area (Å²) >= 11 is 0. The summed E-state index contributed by atoms with van der Waals surface area (Å²) in [5.74, 6) is -0.357. The lowest BCUT2D eigenvalue weighted by Gasteiger charge is -2.11. The van der Waals surface area contributed by atoms with Gasteiger partial charge in [0.15, 0.2) is 0 Å². The van der Waals surface area contributed by atoms with Crippen molar-refractivity contribution < 1.29 is 9.90 Å². The van der Waals surface area contributed by atoms with Gasteiger partial charge in [0, 0.05) is 0 Å². The molecule has 0 radical (unpaired) electrons. The Bertz CT molecular complexity index is 409. The van der Waals surface area contributed by atoms with Crippen LogP contribution < -0.4 is 0 Å². The van der Waals surface area contributed by atoms with Gasteiger partial charge in [-0.25, -0.2) is 0 Å². The van der Waals surface area contributed by atoms with Crippen molar-refractivity contribution in [1.82, 2.24) is 0 Å². The Kier molecular flexibility index (Phi) is 2.99. The smallest absolute Gasteiger partial charge is 0.310 e. The molecule has 2 unspecified atom stereocenters. The Morgan fingerprint density at radius 1 is 1.44 bits per heavy atom. The standard InChI is InChI=1S/C14H18O2/c1-3-13(14(15)16)11-5-4-10-6-9(2)7-12(10)8-11/h4-5,8-9,13H,3,6-7H2,1-2H3,(H,15,16). The van der Waals surface area contributed by atoms with E-state index in [4.69, 9.17) is 5.11 Å². The number of aliphatic carboxylic acids is 1. The van der Waals surface area contributed by atoms with Gasteiger partial charge in [0.25, 0.3) is 0 Å². The lowest BCUT2D eigenvalue weighted by atomic mass is 9.94. The predicted octanol–water partition coefficient (Wildman–Crippen LogP) is 3.00. The van der Waals surface area contributed by atoms with E-state index in [1.165, 1.54) is 11.1 Å². The number of carbonyl (C=O) groups is 1. The van der Waals surface area contributed by atoms with Crippen LogP contribution in [0.2, 0.25) is 0 Å². The van der Waals surface area contributed by atoms with Crippen molar-refractivity contribution in [2.24, 2.45) is 5.92 Å². The van der Waals surface area contributed by atoms with E-state index in [1.54, 1.807) is 0 Å². The number of benzene rings is 1. The number of hydrogen-bond donors (Lipinski definition) is 1. The van der Waals surface area contributed by atoms with Gasteiger partial charge in [-0.05, 0) is 41.9 Å². The molecular weight excluding hydrogens is 200 g/mol. The highest BCUT2D eigenvalue weighted by Gasteiger charge is 2.22. The number of hydrogen-bond acceptors (Lipinski definition) is 1. The molecule has 1 aliphatic rings.